The summed E-state index contributed by atoms with van der Waals surface area (Å²) in [5.41, 5.74) is 1.45. The summed E-state index contributed by atoms with van der Waals surface area (Å²) in [4.78, 5) is 45.8. The van der Waals surface area contributed by atoms with Crippen LogP contribution in [-0.2, 0) is 20.8 Å². The Morgan fingerprint density at radius 3 is 2.62 bits per heavy atom. The van der Waals surface area contributed by atoms with E-state index < -0.39 is 5.92 Å². The largest absolute Gasteiger partial charge is 0.353 e. The van der Waals surface area contributed by atoms with Crippen LogP contribution in [0.2, 0.25) is 5.02 Å². The first-order chi connectivity index (χ1) is 18.6. The van der Waals surface area contributed by atoms with Crippen molar-refractivity contribution in [2.75, 3.05) is 20.6 Å². The maximum Gasteiger partial charge on any atom is 0.224 e. The Morgan fingerprint density at radius 1 is 1.18 bits per heavy atom. The van der Waals surface area contributed by atoms with Crippen molar-refractivity contribution in [3.8, 4) is 0 Å². The predicted molar refractivity (Wildman–Crippen MR) is 161 cm³/mol. The minimum absolute atomic E-state index is 0.0504. The van der Waals surface area contributed by atoms with E-state index in [2.05, 4.69) is 11.9 Å². The summed E-state index contributed by atoms with van der Waals surface area (Å²) in [7, 11) is 3.84. The fourth-order valence-electron chi connectivity index (χ4n) is 5.50. The number of carbonyl (C=O) groups excluding carboxylic acids is 3. The number of Topliss-reactive ketones (excluding diaryl/α,β-unsaturated/α-hetero) is 2. The molecule has 39 heavy (non-hydrogen) atoms. The molecule has 0 aliphatic heterocycles. The van der Waals surface area contributed by atoms with E-state index in [-0.39, 0.29) is 29.9 Å². The molecule has 8 heteroatoms. The number of thiazole rings is 1. The van der Waals surface area contributed by atoms with Crippen LogP contribution < -0.4 is 5.32 Å². The monoisotopic (exact) mass is 573 g/mol. The third-order valence-electron chi connectivity index (χ3n) is 7.50. The minimum atomic E-state index is -0.492. The van der Waals surface area contributed by atoms with Gasteiger partial charge in [-0.05, 0) is 57.5 Å². The van der Waals surface area contributed by atoms with Gasteiger partial charge in [-0.15, -0.1) is 11.3 Å². The number of hydrogen-bond acceptors (Lipinski definition) is 6. The van der Waals surface area contributed by atoms with Gasteiger partial charge in [-0.3, -0.25) is 14.4 Å². The highest BCUT2D eigenvalue weighted by atomic mass is 35.5. The lowest BCUT2D eigenvalue weighted by Gasteiger charge is -2.28. The molecule has 1 N–H and O–H groups in total. The molecule has 1 aliphatic carbocycles. The molecule has 1 heterocycles. The molecule has 1 fully saturated rings. The number of amides is 1. The van der Waals surface area contributed by atoms with Crippen LogP contribution in [0.1, 0.15) is 82.6 Å². The van der Waals surface area contributed by atoms with Crippen molar-refractivity contribution >= 4 is 50.6 Å². The normalized spacial score (nSPS) is 15.8. The number of likely N-dealkylation sites (N-methyl/N-ethyl adjacent to an activating group) is 1. The number of aromatic nitrogens is 1. The molecule has 1 aromatic heterocycles. The Morgan fingerprint density at radius 2 is 1.92 bits per heavy atom. The van der Waals surface area contributed by atoms with Gasteiger partial charge < -0.3 is 10.2 Å². The lowest BCUT2D eigenvalue weighted by atomic mass is 9.83. The van der Waals surface area contributed by atoms with Crippen molar-refractivity contribution in [3.63, 3.8) is 0 Å². The van der Waals surface area contributed by atoms with Crippen molar-refractivity contribution in [1.82, 2.24) is 15.2 Å². The summed E-state index contributed by atoms with van der Waals surface area (Å²) in [6, 6.07) is 5.48. The first-order valence-corrected chi connectivity index (χ1v) is 15.6. The van der Waals surface area contributed by atoms with Crippen LogP contribution >= 0.6 is 22.9 Å². The lowest BCUT2D eigenvalue weighted by Crippen LogP contribution is -2.41. The van der Waals surface area contributed by atoms with E-state index in [9.17, 15) is 14.4 Å². The molecule has 1 aliphatic rings. The van der Waals surface area contributed by atoms with Gasteiger partial charge >= 0.3 is 0 Å². The molecule has 0 bridgehead atoms. The van der Waals surface area contributed by atoms with E-state index in [1.54, 1.807) is 0 Å². The predicted octanol–water partition coefficient (Wildman–Crippen LogP) is 6.79. The molecule has 0 radical (unpaired) electrons. The molecule has 0 unspecified atom stereocenters. The Hall–Kier alpha value is -2.09. The molecule has 1 amide bonds. The lowest BCUT2D eigenvalue weighted by molar-refractivity contribution is -0.130. The number of nitrogens with one attached hydrogen (secondary N) is 1. The summed E-state index contributed by atoms with van der Waals surface area (Å²) < 4.78 is 0.975. The number of nitrogens with zero attached hydrogens (tertiary/aromatic N) is 2. The maximum atomic E-state index is 13.7. The highest BCUT2D eigenvalue weighted by Crippen LogP contribution is 2.30. The first-order valence-electron chi connectivity index (χ1n) is 14.4. The molecule has 2 aromatic rings. The third-order valence-corrected chi connectivity index (χ3v) is 8.78. The van der Waals surface area contributed by atoms with Gasteiger partial charge in [0, 0.05) is 48.9 Å². The number of halogens is 1. The van der Waals surface area contributed by atoms with Gasteiger partial charge in [0.25, 0.3) is 0 Å². The molecule has 1 aromatic carbocycles. The second-order valence-electron chi connectivity index (χ2n) is 11.4. The van der Waals surface area contributed by atoms with Crippen molar-refractivity contribution in [2.45, 2.75) is 90.0 Å². The molecule has 214 valence electrons. The number of benzene rings is 1. The van der Waals surface area contributed by atoms with E-state index in [0.29, 0.717) is 48.7 Å². The molecular formula is C31H44ClN3O3S. The smallest absolute Gasteiger partial charge is 0.224 e. The zero-order valence-corrected chi connectivity index (χ0v) is 25.3. The van der Waals surface area contributed by atoms with Gasteiger partial charge in [-0.2, -0.15) is 0 Å². The zero-order chi connectivity index (χ0) is 28.4. The number of hydrogen-bond donors (Lipinski definition) is 1. The van der Waals surface area contributed by atoms with E-state index in [4.69, 9.17) is 16.6 Å². The fourth-order valence-corrected chi connectivity index (χ4v) is 6.83. The van der Waals surface area contributed by atoms with Crippen LogP contribution in [0.15, 0.2) is 30.4 Å². The molecule has 6 nitrogen and oxygen atoms in total. The van der Waals surface area contributed by atoms with Gasteiger partial charge in [0.2, 0.25) is 5.91 Å². The quantitative estimate of drug-likeness (QED) is 0.224. The summed E-state index contributed by atoms with van der Waals surface area (Å²) in [6.45, 7) is 6.48. The SMILES string of the molecule is C=C(CN(C)C)C(=O)CC[C@H](CC1CCCCC1)NC(=O)[C@@H](CC(=O)CCC)Cc1nc2ccc(Cl)cc2s1. The van der Waals surface area contributed by atoms with Crippen LogP contribution in [0.5, 0.6) is 0 Å². The Labute approximate surface area is 242 Å². The zero-order valence-electron chi connectivity index (χ0n) is 23.8. The molecule has 1 saturated carbocycles. The van der Waals surface area contributed by atoms with Crippen LogP contribution in [0.4, 0.5) is 0 Å². The summed E-state index contributed by atoms with van der Waals surface area (Å²) in [6.07, 6.45) is 9.70. The average molecular weight is 574 g/mol. The highest BCUT2D eigenvalue weighted by Gasteiger charge is 2.28. The van der Waals surface area contributed by atoms with Gasteiger partial charge in [-0.1, -0.05) is 57.2 Å². The van der Waals surface area contributed by atoms with E-state index in [1.807, 2.05) is 44.1 Å². The van der Waals surface area contributed by atoms with Crippen LogP contribution in [0, 0.1) is 11.8 Å². The Balaban J connectivity index is 1.74. The average Bonchev–Trinajstić information content (AvgIpc) is 3.28. The summed E-state index contributed by atoms with van der Waals surface area (Å²) in [5.74, 6) is 0.0963. The topological polar surface area (TPSA) is 79.4 Å². The van der Waals surface area contributed by atoms with Gasteiger partial charge in [0.05, 0.1) is 21.1 Å². The number of ketones is 2. The minimum Gasteiger partial charge on any atom is -0.353 e. The number of rotatable bonds is 16. The second kappa shape index (κ2) is 15.6. The fraction of sp³-hybridized carbons (Fsp3) is 0.613. The van der Waals surface area contributed by atoms with Crippen molar-refractivity contribution in [1.29, 1.82) is 0 Å². The van der Waals surface area contributed by atoms with Crippen LogP contribution in [0.25, 0.3) is 10.2 Å². The summed E-state index contributed by atoms with van der Waals surface area (Å²) in [5, 5.41) is 4.76. The van der Waals surface area contributed by atoms with E-state index in [1.165, 1.54) is 43.4 Å². The van der Waals surface area contributed by atoms with Crippen molar-refractivity contribution in [2.24, 2.45) is 11.8 Å². The third kappa shape index (κ3) is 10.4. The van der Waals surface area contributed by atoms with E-state index in [0.717, 1.165) is 28.1 Å². The van der Waals surface area contributed by atoms with Crippen molar-refractivity contribution in [3.05, 3.63) is 40.4 Å². The van der Waals surface area contributed by atoms with E-state index >= 15 is 0 Å². The molecule has 0 saturated heterocycles. The van der Waals surface area contributed by atoms with Gasteiger partial charge in [0.1, 0.15) is 5.78 Å². The number of fused-ring (bicyclic) bond motifs is 1. The summed E-state index contributed by atoms with van der Waals surface area (Å²) >= 11 is 7.68. The first kappa shape index (κ1) is 31.4. The molecule has 0 spiro atoms. The van der Waals surface area contributed by atoms with Gasteiger partial charge in [-0.25, -0.2) is 4.98 Å². The number of carbonyl (C=O) groups is 3. The van der Waals surface area contributed by atoms with Gasteiger partial charge in [0.15, 0.2) is 5.78 Å². The molecule has 2 atom stereocenters. The highest BCUT2D eigenvalue weighted by molar-refractivity contribution is 7.18. The second-order valence-corrected chi connectivity index (χ2v) is 12.9. The standard InChI is InChI=1S/C31H44ClN3O3S/c1-5-9-26(36)17-23(18-30-34-27-14-12-24(32)19-29(27)39-30)31(38)33-25(16-22-10-7-6-8-11-22)13-15-28(37)21(2)20-35(3)4/h12,14,19,22-23,25H,2,5-11,13,15-18,20H2,1,3-4H3,(H,33,38)/t23-,25+/m0/s1. The Kier molecular flexibility index (Phi) is 12.6. The van der Waals surface area contributed by atoms with Crippen LogP contribution in [-0.4, -0.2) is 54.0 Å². The molecule has 3 rings (SSSR count). The van der Waals surface area contributed by atoms with Crippen LogP contribution in [0.3, 0.4) is 0 Å². The van der Waals surface area contributed by atoms with Crippen molar-refractivity contribution < 1.29 is 14.4 Å². The maximum absolute atomic E-state index is 13.7. The molecular weight excluding hydrogens is 530 g/mol. The Bertz CT molecular complexity index is 1140.